The third-order valence-electron chi connectivity index (χ3n) is 3.72. The molecule has 1 aromatic heterocycles. The predicted octanol–water partition coefficient (Wildman–Crippen LogP) is 2.12. The molecule has 1 aliphatic heterocycles. The number of rotatable bonds is 0. The summed E-state index contributed by atoms with van der Waals surface area (Å²) < 4.78 is 7.60. The number of aryl methyl sites for hydroxylation is 1. The van der Waals surface area contributed by atoms with E-state index in [4.69, 9.17) is 4.74 Å². The molecule has 0 aliphatic carbocycles. The molecule has 0 radical (unpaired) electrons. The monoisotopic (exact) mass is 221 g/mol. The Labute approximate surface area is 96.0 Å². The minimum absolute atomic E-state index is 0.0282. The SMILES string of the molecule is Cn1cc2c(cc1=O)CC(C)(C(C)(C)C)O2. The largest absolute Gasteiger partial charge is 0.485 e. The number of nitrogens with zero attached hydrogens (tertiary/aromatic N) is 1. The van der Waals surface area contributed by atoms with Gasteiger partial charge in [0.25, 0.3) is 5.56 Å². The quantitative estimate of drug-likeness (QED) is 0.672. The molecule has 0 aromatic carbocycles. The fourth-order valence-corrected chi connectivity index (χ4v) is 1.93. The molecule has 2 rings (SSSR count). The molecule has 0 bridgehead atoms. The van der Waals surface area contributed by atoms with Gasteiger partial charge in [0.05, 0.1) is 0 Å². The highest BCUT2D eigenvalue weighted by Gasteiger charge is 2.44. The molecule has 1 aromatic rings. The lowest BCUT2D eigenvalue weighted by Gasteiger charge is -2.37. The van der Waals surface area contributed by atoms with Gasteiger partial charge in [-0.3, -0.25) is 4.79 Å². The molecule has 88 valence electrons. The molecule has 1 unspecified atom stereocenters. The fourth-order valence-electron chi connectivity index (χ4n) is 1.93. The third kappa shape index (κ3) is 1.55. The first-order chi connectivity index (χ1) is 7.23. The van der Waals surface area contributed by atoms with Crippen molar-refractivity contribution in [3.8, 4) is 5.75 Å². The highest BCUT2D eigenvalue weighted by molar-refractivity contribution is 5.37. The summed E-state index contributed by atoms with van der Waals surface area (Å²) in [6.45, 7) is 8.60. The average molecular weight is 221 g/mol. The highest BCUT2D eigenvalue weighted by Crippen LogP contribution is 2.43. The van der Waals surface area contributed by atoms with E-state index in [2.05, 4.69) is 27.7 Å². The van der Waals surface area contributed by atoms with Gasteiger partial charge < -0.3 is 9.30 Å². The van der Waals surface area contributed by atoms with Crippen molar-refractivity contribution in [2.75, 3.05) is 0 Å². The van der Waals surface area contributed by atoms with Crippen LogP contribution in [-0.2, 0) is 13.5 Å². The van der Waals surface area contributed by atoms with Crippen LogP contribution in [0.15, 0.2) is 17.1 Å². The first-order valence-electron chi connectivity index (χ1n) is 5.61. The highest BCUT2D eigenvalue weighted by atomic mass is 16.5. The maximum absolute atomic E-state index is 11.5. The van der Waals surface area contributed by atoms with Gasteiger partial charge in [-0.25, -0.2) is 0 Å². The van der Waals surface area contributed by atoms with E-state index < -0.39 is 0 Å². The van der Waals surface area contributed by atoms with Crippen LogP contribution in [0.2, 0.25) is 0 Å². The Morgan fingerprint density at radius 2 is 2.06 bits per heavy atom. The van der Waals surface area contributed by atoms with E-state index in [0.29, 0.717) is 0 Å². The van der Waals surface area contributed by atoms with Crippen LogP contribution in [0.25, 0.3) is 0 Å². The zero-order chi connectivity index (χ0) is 12.1. The van der Waals surface area contributed by atoms with Crippen molar-refractivity contribution in [2.45, 2.75) is 39.7 Å². The molecule has 0 spiro atoms. The minimum Gasteiger partial charge on any atom is -0.485 e. The summed E-state index contributed by atoms with van der Waals surface area (Å²) in [5, 5.41) is 0. The second-order valence-corrected chi connectivity index (χ2v) is 5.87. The number of pyridine rings is 1. The first-order valence-corrected chi connectivity index (χ1v) is 5.61. The summed E-state index contributed by atoms with van der Waals surface area (Å²) in [7, 11) is 1.75. The molecule has 0 N–H and O–H groups in total. The predicted molar refractivity (Wildman–Crippen MR) is 63.9 cm³/mol. The Kier molecular flexibility index (Phi) is 2.19. The van der Waals surface area contributed by atoms with Gasteiger partial charge in [-0.05, 0) is 6.92 Å². The van der Waals surface area contributed by atoms with Gasteiger partial charge in [0.15, 0.2) is 0 Å². The van der Waals surface area contributed by atoms with Crippen molar-refractivity contribution >= 4 is 0 Å². The molecule has 1 atom stereocenters. The van der Waals surface area contributed by atoms with Crippen molar-refractivity contribution in [3.63, 3.8) is 0 Å². The standard InChI is InChI=1S/C13H19NO2/c1-12(2,3)13(4)7-9-6-11(15)14(5)8-10(9)16-13/h6,8H,7H2,1-5H3. The van der Waals surface area contributed by atoms with Crippen LogP contribution in [0, 0.1) is 5.41 Å². The van der Waals surface area contributed by atoms with E-state index in [1.165, 1.54) is 0 Å². The zero-order valence-corrected chi connectivity index (χ0v) is 10.6. The Balaban J connectivity index is 2.46. The third-order valence-corrected chi connectivity index (χ3v) is 3.72. The van der Waals surface area contributed by atoms with Gasteiger partial charge in [0, 0.05) is 36.7 Å². The molecule has 1 aliphatic rings. The number of hydrogen-bond donors (Lipinski definition) is 0. The van der Waals surface area contributed by atoms with Gasteiger partial charge in [0.1, 0.15) is 11.4 Å². The summed E-state index contributed by atoms with van der Waals surface area (Å²) >= 11 is 0. The van der Waals surface area contributed by atoms with Crippen LogP contribution < -0.4 is 10.3 Å². The Hall–Kier alpha value is -1.25. The van der Waals surface area contributed by atoms with Gasteiger partial charge >= 0.3 is 0 Å². The lowest BCUT2D eigenvalue weighted by Crippen LogP contribution is -2.44. The van der Waals surface area contributed by atoms with E-state index in [0.717, 1.165) is 17.7 Å². The number of aromatic nitrogens is 1. The molecule has 3 nitrogen and oxygen atoms in total. The topological polar surface area (TPSA) is 31.2 Å². The zero-order valence-electron chi connectivity index (χ0n) is 10.6. The molecular weight excluding hydrogens is 202 g/mol. The summed E-state index contributed by atoms with van der Waals surface area (Å²) in [4.78, 5) is 11.5. The lowest BCUT2D eigenvalue weighted by molar-refractivity contribution is 0.00323. The molecular formula is C13H19NO2. The molecule has 0 saturated heterocycles. The Morgan fingerprint density at radius 3 is 2.62 bits per heavy atom. The molecule has 0 amide bonds. The van der Waals surface area contributed by atoms with Gasteiger partial charge in [-0.15, -0.1) is 0 Å². The van der Waals surface area contributed by atoms with Crippen molar-refractivity contribution in [1.29, 1.82) is 0 Å². The average Bonchev–Trinajstić information content (AvgIpc) is 2.42. The second kappa shape index (κ2) is 3.12. The van der Waals surface area contributed by atoms with Crippen LogP contribution >= 0.6 is 0 Å². The maximum Gasteiger partial charge on any atom is 0.250 e. The van der Waals surface area contributed by atoms with Crippen LogP contribution in [0.3, 0.4) is 0 Å². The van der Waals surface area contributed by atoms with Crippen LogP contribution in [-0.4, -0.2) is 10.2 Å². The van der Waals surface area contributed by atoms with Crippen LogP contribution in [0.5, 0.6) is 5.75 Å². The molecule has 3 heteroatoms. The normalized spacial score (nSPS) is 24.1. The van der Waals surface area contributed by atoms with E-state index in [-0.39, 0.29) is 16.6 Å². The van der Waals surface area contributed by atoms with E-state index >= 15 is 0 Å². The van der Waals surface area contributed by atoms with Crippen molar-refractivity contribution in [1.82, 2.24) is 4.57 Å². The van der Waals surface area contributed by atoms with Crippen molar-refractivity contribution in [3.05, 3.63) is 28.2 Å². The molecule has 16 heavy (non-hydrogen) atoms. The minimum atomic E-state index is -0.226. The van der Waals surface area contributed by atoms with Gasteiger partial charge in [0.2, 0.25) is 0 Å². The molecule has 2 heterocycles. The smallest absolute Gasteiger partial charge is 0.250 e. The van der Waals surface area contributed by atoms with E-state index in [1.54, 1.807) is 23.9 Å². The van der Waals surface area contributed by atoms with E-state index in [9.17, 15) is 4.79 Å². The molecule has 0 saturated carbocycles. The first kappa shape index (κ1) is 11.2. The summed E-state index contributed by atoms with van der Waals surface area (Å²) in [5.41, 5.74) is 0.880. The van der Waals surface area contributed by atoms with E-state index in [1.807, 2.05) is 0 Å². The Morgan fingerprint density at radius 1 is 1.44 bits per heavy atom. The number of fused-ring (bicyclic) bond motifs is 1. The lowest BCUT2D eigenvalue weighted by atomic mass is 9.75. The van der Waals surface area contributed by atoms with Crippen molar-refractivity contribution < 1.29 is 4.74 Å². The molecule has 0 fully saturated rings. The van der Waals surface area contributed by atoms with Crippen LogP contribution in [0.1, 0.15) is 33.3 Å². The summed E-state index contributed by atoms with van der Waals surface area (Å²) in [6, 6.07) is 1.69. The second-order valence-electron chi connectivity index (χ2n) is 5.87. The summed E-state index contributed by atoms with van der Waals surface area (Å²) in [5.74, 6) is 0.847. The number of hydrogen-bond acceptors (Lipinski definition) is 2. The van der Waals surface area contributed by atoms with Gasteiger partial charge in [-0.2, -0.15) is 0 Å². The number of ether oxygens (including phenoxy) is 1. The van der Waals surface area contributed by atoms with Crippen molar-refractivity contribution in [2.24, 2.45) is 12.5 Å². The fraction of sp³-hybridized carbons (Fsp3) is 0.615. The Bertz CT molecular complexity index is 482. The maximum atomic E-state index is 11.5. The summed E-state index contributed by atoms with van der Waals surface area (Å²) in [6.07, 6.45) is 2.59. The van der Waals surface area contributed by atoms with Gasteiger partial charge in [-0.1, -0.05) is 20.8 Å². The van der Waals surface area contributed by atoms with Crippen LogP contribution in [0.4, 0.5) is 0 Å².